The fourth-order valence-electron chi connectivity index (χ4n) is 3.32. The molecule has 3 aromatic rings. The maximum Gasteiger partial charge on any atom is 0.305 e. The van der Waals surface area contributed by atoms with Crippen LogP contribution in [0.5, 0.6) is 11.6 Å². The van der Waals surface area contributed by atoms with Crippen LogP contribution < -0.4 is 10.3 Å². The summed E-state index contributed by atoms with van der Waals surface area (Å²) in [5.41, 5.74) is 1.90. The number of amides is 1. The minimum Gasteiger partial charge on any atom is -0.481 e. The number of carboxylic acids is 1. The number of nitrogens with zero attached hydrogens (tertiary/aromatic N) is 3. The Hall–Kier alpha value is -3.50. The largest absolute Gasteiger partial charge is 0.481 e. The first-order valence-corrected chi connectivity index (χ1v) is 11.2. The second kappa shape index (κ2) is 9.16. The Balaban J connectivity index is 1.83. The van der Waals surface area contributed by atoms with Crippen molar-refractivity contribution in [3.63, 3.8) is 0 Å². The van der Waals surface area contributed by atoms with E-state index in [9.17, 15) is 14.4 Å². The van der Waals surface area contributed by atoms with Gasteiger partial charge in [-0.15, -0.1) is 0 Å². The highest BCUT2D eigenvalue weighted by Crippen LogP contribution is 2.34. The molecule has 1 N–H and O–H groups in total. The van der Waals surface area contributed by atoms with Crippen LogP contribution in [0.4, 0.5) is 0 Å². The zero-order valence-electron chi connectivity index (χ0n) is 17.8. The number of thioether (sulfide) groups is 1. The van der Waals surface area contributed by atoms with Crippen LogP contribution in [0.25, 0.3) is 11.7 Å². The molecule has 33 heavy (non-hydrogen) atoms. The number of thiocarbonyl (C=S) groups is 1. The Morgan fingerprint density at radius 2 is 2.03 bits per heavy atom. The van der Waals surface area contributed by atoms with Crippen molar-refractivity contribution in [3.8, 4) is 11.6 Å². The summed E-state index contributed by atoms with van der Waals surface area (Å²) in [5, 5.41) is 8.93. The molecule has 4 rings (SSSR count). The molecule has 0 aliphatic carbocycles. The zero-order chi connectivity index (χ0) is 23.7. The molecule has 0 saturated carbocycles. The standard InChI is InChI=1S/C23H19N3O5S2/c1-13-5-3-7-15(11-13)31-20-16(21(29)25-9-4-6-14(2)19(25)24-20)12-17-22(30)26(23(32)33-17)10-8-18(27)28/h3-7,9,11-12H,8,10H2,1-2H3,(H,27,28)/b17-12+. The molecule has 0 bridgehead atoms. The number of aromatic nitrogens is 2. The molecule has 168 valence electrons. The van der Waals surface area contributed by atoms with Gasteiger partial charge in [-0.2, -0.15) is 4.98 Å². The van der Waals surface area contributed by atoms with Crippen LogP contribution in [-0.2, 0) is 9.59 Å². The lowest BCUT2D eigenvalue weighted by Crippen LogP contribution is -2.30. The third-order valence-electron chi connectivity index (χ3n) is 4.95. The van der Waals surface area contributed by atoms with E-state index in [1.807, 2.05) is 38.1 Å². The molecule has 0 atom stereocenters. The Morgan fingerprint density at radius 1 is 1.24 bits per heavy atom. The van der Waals surface area contributed by atoms with E-state index in [2.05, 4.69) is 4.98 Å². The van der Waals surface area contributed by atoms with E-state index >= 15 is 0 Å². The molecule has 10 heteroatoms. The van der Waals surface area contributed by atoms with Gasteiger partial charge in [-0.05, 0) is 49.2 Å². The highest BCUT2D eigenvalue weighted by Gasteiger charge is 2.33. The second-order valence-corrected chi connectivity index (χ2v) is 9.09. The molecule has 1 fully saturated rings. The fraction of sp³-hybridized carbons (Fsp3) is 0.174. The van der Waals surface area contributed by atoms with Crippen molar-refractivity contribution in [1.29, 1.82) is 0 Å². The lowest BCUT2D eigenvalue weighted by molar-refractivity contribution is -0.137. The summed E-state index contributed by atoms with van der Waals surface area (Å²) in [6.45, 7) is 3.71. The monoisotopic (exact) mass is 481 g/mol. The smallest absolute Gasteiger partial charge is 0.305 e. The van der Waals surface area contributed by atoms with Gasteiger partial charge in [0, 0.05) is 12.7 Å². The maximum absolute atomic E-state index is 13.4. The van der Waals surface area contributed by atoms with Gasteiger partial charge in [0.25, 0.3) is 11.5 Å². The van der Waals surface area contributed by atoms with Crippen LogP contribution in [-0.4, -0.2) is 42.1 Å². The number of fused-ring (bicyclic) bond motifs is 1. The summed E-state index contributed by atoms with van der Waals surface area (Å²) in [7, 11) is 0. The fourth-order valence-corrected chi connectivity index (χ4v) is 4.61. The summed E-state index contributed by atoms with van der Waals surface area (Å²) in [4.78, 5) is 43.2. The van der Waals surface area contributed by atoms with Crippen LogP contribution >= 0.6 is 24.0 Å². The van der Waals surface area contributed by atoms with E-state index in [-0.39, 0.29) is 33.6 Å². The van der Waals surface area contributed by atoms with Crippen molar-refractivity contribution in [2.75, 3.05) is 6.54 Å². The maximum atomic E-state index is 13.4. The average Bonchev–Trinajstić information content (AvgIpc) is 3.02. The van der Waals surface area contributed by atoms with Gasteiger partial charge in [-0.1, -0.05) is 42.2 Å². The molecule has 1 aliphatic rings. The molecule has 0 unspecified atom stereocenters. The summed E-state index contributed by atoms with van der Waals surface area (Å²) in [5.74, 6) is -0.921. The molecule has 0 radical (unpaired) electrons. The lowest BCUT2D eigenvalue weighted by Gasteiger charge is -2.13. The number of pyridine rings is 1. The quantitative estimate of drug-likeness (QED) is 0.419. The van der Waals surface area contributed by atoms with Crippen molar-refractivity contribution in [1.82, 2.24) is 14.3 Å². The number of aliphatic carboxylic acids is 1. The lowest BCUT2D eigenvalue weighted by atomic mass is 10.2. The third kappa shape index (κ3) is 4.67. The van der Waals surface area contributed by atoms with Gasteiger partial charge in [0.2, 0.25) is 5.88 Å². The first kappa shape index (κ1) is 22.7. The molecule has 2 aromatic heterocycles. The van der Waals surface area contributed by atoms with Gasteiger partial charge >= 0.3 is 5.97 Å². The van der Waals surface area contributed by atoms with Gasteiger partial charge in [0.05, 0.1) is 11.3 Å². The second-order valence-electron chi connectivity index (χ2n) is 7.42. The van der Waals surface area contributed by atoms with E-state index in [0.717, 1.165) is 22.9 Å². The SMILES string of the molecule is Cc1cccc(Oc2nc3c(C)cccn3c(=O)c2/C=C2/SC(=S)N(CCC(=O)O)C2=O)c1. The summed E-state index contributed by atoms with van der Waals surface area (Å²) in [6.07, 6.45) is 2.78. The van der Waals surface area contributed by atoms with Crippen molar-refractivity contribution < 1.29 is 19.4 Å². The summed E-state index contributed by atoms with van der Waals surface area (Å²) in [6, 6.07) is 10.9. The average molecular weight is 482 g/mol. The predicted molar refractivity (Wildman–Crippen MR) is 130 cm³/mol. The van der Waals surface area contributed by atoms with Gasteiger partial charge in [-0.3, -0.25) is 23.7 Å². The summed E-state index contributed by atoms with van der Waals surface area (Å²) < 4.78 is 7.63. The van der Waals surface area contributed by atoms with Crippen molar-refractivity contribution in [3.05, 3.63) is 74.5 Å². The molecule has 8 nitrogen and oxygen atoms in total. The Morgan fingerprint density at radius 3 is 2.76 bits per heavy atom. The van der Waals surface area contributed by atoms with E-state index in [1.54, 1.807) is 18.3 Å². The number of benzene rings is 1. The Bertz CT molecular complexity index is 1400. The topological polar surface area (TPSA) is 101 Å². The first-order valence-electron chi connectivity index (χ1n) is 9.98. The molecular formula is C23H19N3O5S2. The normalized spacial score (nSPS) is 15.0. The number of carboxylic acid groups (broad SMARTS) is 1. The highest BCUT2D eigenvalue weighted by molar-refractivity contribution is 8.26. The minimum atomic E-state index is -1.03. The number of carbonyl (C=O) groups excluding carboxylic acids is 1. The zero-order valence-corrected chi connectivity index (χ0v) is 19.4. The van der Waals surface area contributed by atoms with Crippen molar-refractivity contribution in [2.24, 2.45) is 0 Å². The first-order chi connectivity index (χ1) is 15.7. The van der Waals surface area contributed by atoms with Crippen LogP contribution in [0.15, 0.2) is 52.3 Å². The molecule has 0 spiro atoms. The molecule has 3 heterocycles. The Labute approximate surface area is 198 Å². The molecule has 1 aromatic carbocycles. The minimum absolute atomic E-state index is 0.0435. The number of hydrogen-bond acceptors (Lipinski definition) is 7. The Kier molecular flexibility index (Phi) is 6.30. The van der Waals surface area contributed by atoms with Gasteiger partial charge in [0.15, 0.2) is 0 Å². The van der Waals surface area contributed by atoms with Gasteiger partial charge < -0.3 is 9.84 Å². The number of rotatable bonds is 6. The van der Waals surface area contributed by atoms with Gasteiger partial charge in [0.1, 0.15) is 21.3 Å². The third-order valence-corrected chi connectivity index (χ3v) is 6.33. The number of carbonyl (C=O) groups is 2. The molecule has 1 amide bonds. The van der Waals surface area contributed by atoms with Crippen LogP contribution in [0, 0.1) is 13.8 Å². The van der Waals surface area contributed by atoms with Crippen molar-refractivity contribution in [2.45, 2.75) is 20.3 Å². The van der Waals surface area contributed by atoms with E-state index in [0.29, 0.717) is 11.4 Å². The van der Waals surface area contributed by atoms with E-state index in [4.69, 9.17) is 22.1 Å². The van der Waals surface area contributed by atoms with E-state index < -0.39 is 17.4 Å². The predicted octanol–water partition coefficient (Wildman–Crippen LogP) is 3.78. The van der Waals surface area contributed by atoms with E-state index in [1.165, 1.54) is 15.4 Å². The molecule has 1 saturated heterocycles. The molecular weight excluding hydrogens is 462 g/mol. The molecule has 1 aliphatic heterocycles. The number of aryl methyl sites for hydroxylation is 2. The summed E-state index contributed by atoms with van der Waals surface area (Å²) >= 11 is 6.25. The van der Waals surface area contributed by atoms with Crippen LogP contribution in [0.1, 0.15) is 23.1 Å². The number of ether oxygens (including phenoxy) is 1. The number of hydrogen-bond donors (Lipinski definition) is 1. The highest BCUT2D eigenvalue weighted by atomic mass is 32.2. The van der Waals surface area contributed by atoms with Crippen LogP contribution in [0.2, 0.25) is 0 Å². The van der Waals surface area contributed by atoms with Gasteiger partial charge in [-0.25, -0.2) is 0 Å². The van der Waals surface area contributed by atoms with Crippen molar-refractivity contribution >= 4 is 51.9 Å². The van der Waals surface area contributed by atoms with Crippen LogP contribution in [0.3, 0.4) is 0 Å².